The van der Waals surface area contributed by atoms with Gasteiger partial charge in [0.25, 0.3) is 0 Å². The van der Waals surface area contributed by atoms with E-state index in [-0.39, 0.29) is 12.3 Å². The standard InChI is InChI=1S/C15H20N2O3/c16-13-4-1-11(2-5-13)9-14(18)17-8-7-12(10-17)3-6-15(19)20/h1-2,4-5,12H,3,6-10,16H2,(H,19,20). The van der Waals surface area contributed by atoms with Gasteiger partial charge in [0.1, 0.15) is 0 Å². The number of likely N-dealkylation sites (tertiary alicyclic amines) is 1. The van der Waals surface area contributed by atoms with Crippen LogP contribution in [-0.4, -0.2) is 35.0 Å². The van der Waals surface area contributed by atoms with Gasteiger partial charge in [-0.05, 0) is 36.5 Å². The summed E-state index contributed by atoms with van der Waals surface area (Å²) in [5.74, 6) is -0.342. The molecule has 2 rings (SSSR count). The van der Waals surface area contributed by atoms with Crippen LogP contribution in [0.25, 0.3) is 0 Å². The third kappa shape index (κ3) is 3.98. The highest BCUT2D eigenvalue weighted by Gasteiger charge is 2.26. The molecule has 1 saturated heterocycles. The molecule has 5 nitrogen and oxygen atoms in total. The first-order chi connectivity index (χ1) is 9.54. The zero-order valence-electron chi connectivity index (χ0n) is 11.4. The minimum absolute atomic E-state index is 0.104. The number of benzene rings is 1. The van der Waals surface area contributed by atoms with Crippen molar-refractivity contribution in [1.82, 2.24) is 4.90 Å². The molecule has 1 heterocycles. The molecule has 0 radical (unpaired) electrons. The van der Waals surface area contributed by atoms with Gasteiger partial charge in [-0.1, -0.05) is 12.1 Å². The first-order valence-electron chi connectivity index (χ1n) is 6.88. The van der Waals surface area contributed by atoms with Crippen molar-refractivity contribution < 1.29 is 14.7 Å². The molecule has 5 heteroatoms. The third-order valence-electron chi connectivity index (χ3n) is 3.74. The maximum absolute atomic E-state index is 12.2. The Balaban J connectivity index is 1.82. The van der Waals surface area contributed by atoms with Gasteiger partial charge >= 0.3 is 5.97 Å². The molecule has 0 aliphatic carbocycles. The number of hydrogen-bond acceptors (Lipinski definition) is 3. The van der Waals surface area contributed by atoms with Gasteiger partial charge in [-0.15, -0.1) is 0 Å². The zero-order valence-corrected chi connectivity index (χ0v) is 11.4. The zero-order chi connectivity index (χ0) is 14.5. The quantitative estimate of drug-likeness (QED) is 0.799. The number of aliphatic carboxylic acids is 1. The fourth-order valence-corrected chi connectivity index (χ4v) is 2.54. The fourth-order valence-electron chi connectivity index (χ4n) is 2.54. The monoisotopic (exact) mass is 276 g/mol. The van der Waals surface area contributed by atoms with Crippen molar-refractivity contribution in [1.29, 1.82) is 0 Å². The molecule has 1 aliphatic rings. The number of carbonyl (C=O) groups excluding carboxylic acids is 1. The molecule has 0 aromatic heterocycles. The summed E-state index contributed by atoms with van der Waals surface area (Å²) in [5.41, 5.74) is 7.26. The summed E-state index contributed by atoms with van der Waals surface area (Å²) < 4.78 is 0. The number of hydrogen-bond donors (Lipinski definition) is 2. The molecule has 3 N–H and O–H groups in total. The van der Waals surface area contributed by atoms with E-state index < -0.39 is 5.97 Å². The molecular formula is C15H20N2O3. The summed E-state index contributed by atoms with van der Waals surface area (Å²) in [5, 5.41) is 8.68. The Labute approximate surface area is 118 Å². The van der Waals surface area contributed by atoms with Crippen LogP contribution in [0.1, 0.15) is 24.8 Å². The van der Waals surface area contributed by atoms with Crippen LogP contribution in [0.15, 0.2) is 24.3 Å². The van der Waals surface area contributed by atoms with E-state index in [1.807, 2.05) is 17.0 Å². The molecule has 1 atom stereocenters. The highest BCUT2D eigenvalue weighted by Crippen LogP contribution is 2.21. The lowest BCUT2D eigenvalue weighted by Gasteiger charge is -2.16. The van der Waals surface area contributed by atoms with Crippen LogP contribution in [0.3, 0.4) is 0 Å². The van der Waals surface area contributed by atoms with Crippen LogP contribution in [0, 0.1) is 5.92 Å². The number of carbonyl (C=O) groups is 2. The van der Waals surface area contributed by atoms with E-state index in [4.69, 9.17) is 10.8 Å². The van der Waals surface area contributed by atoms with Crippen molar-refractivity contribution in [3.05, 3.63) is 29.8 Å². The van der Waals surface area contributed by atoms with E-state index in [2.05, 4.69) is 0 Å². The van der Waals surface area contributed by atoms with E-state index in [1.165, 1.54) is 0 Å². The minimum Gasteiger partial charge on any atom is -0.481 e. The Morgan fingerprint density at radius 1 is 1.30 bits per heavy atom. The molecule has 1 aromatic rings. The molecular weight excluding hydrogens is 256 g/mol. The van der Waals surface area contributed by atoms with Gasteiger partial charge < -0.3 is 15.7 Å². The summed E-state index contributed by atoms with van der Waals surface area (Å²) >= 11 is 0. The molecule has 1 amide bonds. The number of nitrogen functional groups attached to an aromatic ring is 1. The molecule has 0 spiro atoms. The molecule has 108 valence electrons. The summed E-state index contributed by atoms with van der Waals surface area (Å²) in [6, 6.07) is 7.32. The first kappa shape index (κ1) is 14.4. The van der Waals surface area contributed by atoms with Crippen LogP contribution >= 0.6 is 0 Å². The van der Waals surface area contributed by atoms with E-state index >= 15 is 0 Å². The summed E-state index contributed by atoms with van der Waals surface area (Å²) in [7, 11) is 0. The van der Waals surface area contributed by atoms with E-state index in [0.29, 0.717) is 31.0 Å². The Kier molecular flexibility index (Phi) is 4.61. The number of carboxylic acids is 1. The number of anilines is 1. The number of nitrogens with two attached hydrogens (primary N) is 1. The Morgan fingerprint density at radius 3 is 2.65 bits per heavy atom. The molecule has 1 aromatic carbocycles. The van der Waals surface area contributed by atoms with Crippen LogP contribution < -0.4 is 5.73 Å². The molecule has 0 bridgehead atoms. The Morgan fingerprint density at radius 2 is 2.00 bits per heavy atom. The maximum Gasteiger partial charge on any atom is 0.303 e. The maximum atomic E-state index is 12.2. The van der Waals surface area contributed by atoms with Gasteiger partial charge in [0.05, 0.1) is 6.42 Å². The highest BCUT2D eigenvalue weighted by atomic mass is 16.4. The van der Waals surface area contributed by atoms with Gasteiger partial charge in [0, 0.05) is 25.2 Å². The van der Waals surface area contributed by atoms with Gasteiger partial charge in [0.15, 0.2) is 0 Å². The predicted octanol–water partition coefficient (Wildman–Crippen LogP) is 1.52. The number of amides is 1. The SMILES string of the molecule is Nc1ccc(CC(=O)N2CCC(CCC(=O)O)C2)cc1. The summed E-state index contributed by atoms with van der Waals surface area (Å²) in [6.45, 7) is 1.42. The Bertz CT molecular complexity index is 484. The van der Waals surface area contributed by atoms with E-state index in [1.54, 1.807) is 12.1 Å². The second kappa shape index (κ2) is 6.41. The Hall–Kier alpha value is -2.04. The van der Waals surface area contributed by atoms with Gasteiger partial charge in [0.2, 0.25) is 5.91 Å². The lowest BCUT2D eigenvalue weighted by atomic mass is 10.0. The number of carboxylic acid groups (broad SMARTS) is 1. The van der Waals surface area contributed by atoms with Crippen molar-refractivity contribution in [2.75, 3.05) is 18.8 Å². The fraction of sp³-hybridized carbons (Fsp3) is 0.467. The second-order valence-corrected chi connectivity index (χ2v) is 5.35. The van der Waals surface area contributed by atoms with Crippen LogP contribution in [0.5, 0.6) is 0 Å². The van der Waals surface area contributed by atoms with Gasteiger partial charge in [-0.2, -0.15) is 0 Å². The molecule has 1 aliphatic heterocycles. The smallest absolute Gasteiger partial charge is 0.303 e. The highest BCUT2D eigenvalue weighted by molar-refractivity contribution is 5.79. The lowest BCUT2D eigenvalue weighted by molar-refractivity contribution is -0.137. The molecule has 1 unspecified atom stereocenters. The normalized spacial score (nSPS) is 18.2. The average molecular weight is 276 g/mol. The topological polar surface area (TPSA) is 83.6 Å². The third-order valence-corrected chi connectivity index (χ3v) is 3.74. The van der Waals surface area contributed by atoms with E-state index in [0.717, 1.165) is 18.5 Å². The van der Waals surface area contributed by atoms with E-state index in [9.17, 15) is 9.59 Å². The molecule has 0 saturated carbocycles. The number of rotatable bonds is 5. The van der Waals surface area contributed by atoms with Crippen molar-refractivity contribution in [2.45, 2.75) is 25.7 Å². The minimum atomic E-state index is -0.767. The number of nitrogens with zero attached hydrogens (tertiary/aromatic N) is 1. The van der Waals surface area contributed by atoms with Crippen LogP contribution in [0.2, 0.25) is 0 Å². The second-order valence-electron chi connectivity index (χ2n) is 5.35. The largest absolute Gasteiger partial charge is 0.481 e. The average Bonchev–Trinajstić information content (AvgIpc) is 2.88. The predicted molar refractivity (Wildman–Crippen MR) is 76.1 cm³/mol. The first-order valence-corrected chi connectivity index (χ1v) is 6.88. The molecule has 20 heavy (non-hydrogen) atoms. The van der Waals surface area contributed by atoms with Crippen molar-refractivity contribution in [2.24, 2.45) is 5.92 Å². The van der Waals surface area contributed by atoms with Crippen LogP contribution in [-0.2, 0) is 16.0 Å². The lowest BCUT2D eigenvalue weighted by Crippen LogP contribution is -2.30. The molecule has 1 fully saturated rings. The van der Waals surface area contributed by atoms with Gasteiger partial charge in [-0.25, -0.2) is 0 Å². The van der Waals surface area contributed by atoms with Crippen molar-refractivity contribution >= 4 is 17.6 Å². The van der Waals surface area contributed by atoms with Gasteiger partial charge in [-0.3, -0.25) is 9.59 Å². The summed E-state index contributed by atoms with van der Waals surface area (Å²) in [6.07, 6.45) is 2.12. The van der Waals surface area contributed by atoms with Crippen molar-refractivity contribution in [3.63, 3.8) is 0 Å². The van der Waals surface area contributed by atoms with Crippen LogP contribution in [0.4, 0.5) is 5.69 Å². The summed E-state index contributed by atoms with van der Waals surface area (Å²) in [4.78, 5) is 24.5. The van der Waals surface area contributed by atoms with Crippen molar-refractivity contribution in [3.8, 4) is 0 Å².